The van der Waals surface area contributed by atoms with Crippen molar-refractivity contribution >= 4 is 23.4 Å². The molecule has 4 heteroatoms. The zero-order valence-electron chi connectivity index (χ0n) is 10.0. The smallest absolute Gasteiger partial charge is 0.0957 e. The third kappa shape index (κ3) is 3.48. The number of halogens is 1. The molecule has 2 rings (SSSR count). The SMILES string of the molecule is CCC(O)c1ccc(Sc2cccc(Cl)c2)cn1. The standard InChI is InChI=1S/C14H14ClNOS/c1-2-14(17)13-7-6-12(9-16-13)18-11-5-3-4-10(15)8-11/h3-9,14,17H,2H2,1H3. The van der Waals surface area contributed by atoms with Crippen LogP contribution in [-0.4, -0.2) is 10.1 Å². The number of aliphatic hydroxyl groups excluding tert-OH is 1. The first-order valence-corrected chi connectivity index (χ1v) is 6.96. The third-order valence-corrected chi connectivity index (χ3v) is 3.72. The maximum atomic E-state index is 9.66. The second kappa shape index (κ2) is 6.23. The molecule has 0 amide bonds. The van der Waals surface area contributed by atoms with E-state index in [4.69, 9.17) is 11.6 Å². The minimum atomic E-state index is -0.477. The summed E-state index contributed by atoms with van der Waals surface area (Å²) in [4.78, 5) is 6.37. The second-order valence-corrected chi connectivity index (χ2v) is 5.49. The van der Waals surface area contributed by atoms with Gasteiger partial charge in [-0.3, -0.25) is 4.98 Å². The maximum Gasteiger partial charge on any atom is 0.0957 e. The Morgan fingerprint density at radius 3 is 2.72 bits per heavy atom. The van der Waals surface area contributed by atoms with Crippen LogP contribution in [0.3, 0.4) is 0 Å². The molecule has 1 heterocycles. The van der Waals surface area contributed by atoms with Gasteiger partial charge < -0.3 is 5.11 Å². The van der Waals surface area contributed by atoms with Crippen LogP contribution in [0.2, 0.25) is 5.02 Å². The Kier molecular flexibility index (Phi) is 4.64. The Morgan fingerprint density at radius 2 is 2.11 bits per heavy atom. The molecular weight excluding hydrogens is 266 g/mol. The predicted octanol–water partition coefficient (Wildman–Crippen LogP) is 4.33. The van der Waals surface area contributed by atoms with Crippen LogP contribution in [-0.2, 0) is 0 Å². The molecule has 0 saturated carbocycles. The zero-order chi connectivity index (χ0) is 13.0. The molecule has 18 heavy (non-hydrogen) atoms. The topological polar surface area (TPSA) is 33.1 Å². The summed E-state index contributed by atoms with van der Waals surface area (Å²) < 4.78 is 0. The highest BCUT2D eigenvalue weighted by Gasteiger charge is 2.06. The monoisotopic (exact) mass is 279 g/mol. The normalized spacial score (nSPS) is 12.4. The van der Waals surface area contributed by atoms with Crippen molar-refractivity contribution in [1.29, 1.82) is 0 Å². The second-order valence-electron chi connectivity index (χ2n) is 3.90. The number of pyridine rings is 1. The molecule has 1 aromatic heterocycles. The molecule has 0 fully saturated rings. The number of aliphatic hydroxyl groups is 1. The summed E-state index contributed by atoms with van der Waals surface area (Å²) in [5.41, 5.74) is 0.716. The fourth-order valence-electron chi connectivity index (χ4n) is 1.52. The molecule has 0 bridgehead atoms. The van der Waals surface area contributed by atoms with E-state index in [-0.39, 0.29) is 0 Å². The van der Waals surface area contributed by atoms with Crippen molar-refractivity contribution in [1.82, 2.24) is 4.98 Å². The van der Waals surface area contributed by atoms with Crippen molar-refractivity contribution in [3.8, 4) is 0 Å². The van der Waals surface area contributed by atoms with E-state index in [1.807, 2.05) is 43.3 Å². The van der Waals surface area contributed by atoms with Crippen LogP contribution in [0.25, 0.3) is 0 Å². The zero-order valence-corrected chi connectivity index (χ0v) is 11.6. The van der Waals surface area contributed by atoms with Crippen LogP contribution in [0.5, 0.6) is 0 Å². The Morgan fingerprint density at radius 1 is 1.28 bits per heavy atom. The summed E-state index contributed by atoms with van der Waals surface area (Å²) in [6.07, 6.45) is 1.98. The van der Waals surface area contributed by atoms with Crippen molar-refractivity contribution in [3.05, 3.63) is 53.3 Å². The van der Waals surface area contributed by atoms with Crippen LogP contribution >= 0.6 is 23.4 Å². The molecule has 1 atom stereocenters. The Hall–Kier alpha value is -1.03. The molecule has 0 aliphatic carbocycles. The highest BCUT2D eigenvalue weighted by molar-refractivity contribution is 7.99. The van der Waals surface area contributed by atoms with Crippen LogP contribution in [0.15, 0.2) is 52.4 Å². The lowest BCUT2D eigenvalue weighted by Crippen LogP contribution is -1.97. The number of rotatable bonds is 4. The van der Waals surface area contributed by atoms with Crippen LogP contribution in [0, 0.1) is 0 Å². The van der Waals surface area contributed by atoms with Gasteiger partial charge in [-0.05, 0) is 36.8 Å². The molecule has 2 nitrogen and oxygen atoms in total. The van der Waals surface area contributed by atoms with E-state index in [0.717, 1.165) is 14.8 Å². The molecule has 1 unspecified atom stereocenters. The Balaban J connectivity index is 2.11. The van der Waals surface area contributed by atoms with Crippen molar-refractivity contribution in [3.63, 3.8) is 0 Å². The lowest BCUT2D eigenvalue weighted by atomic mass is 10.2. The van der Waals surface area contributed by atoms with Gasteiger partial charge in [0.2, 0.25) is 0 Å². The van der Waals surface area contributed by atoms with Gasteiger partial charge in [-0.25, -0.2) is 0 Å². The molecule has 94 valence electrons. The van der Waals surface area contributed by atoms with Gasteiger partial charge in [0, 0.05) is 21.0 Å². The Bertz CT molecular complexity index is 515. The summed E-state index contributed by atoms with van der Waals surface area (Å²) in [5, 5.41) is 10.4. The van der Waals surface area contributed by atoms with Gasteiger partial charge in [-0.15, -0.1) is 0 Å². The number of hydrogen-bond acceptors (Lipinski definition) is 3. The molecule has 0 aliphatic heterocycles. The lowest BCUT2D eigenvalue weighted by molar-refractivity contribution is 0.169. The summed E-state index contributed by atoms with van der Waals surface area (Å²) in [7, 11) is 0. The van der Waals surface area contributed by atoms with E-state index in [2.05, 4.69) is 4.98 Å². The highest BCUT2D eigenvalue weighted by Crippen LogP contribution is 2.29. The largest absolute Gasteiger partial charge is 0.387 e. The van der Waals surface area contributed by atoms with Crippen LogP contribution in [0.1, 0.15) is 25.1 Å². The van der Waals surface area contributed by atoms with Gasteiger partial charge in [0.25, 0.3) is 0 Å². The fourth-order valence-corrected chi connectivity index (χ4v) is 2.63. The van der Waals surface area contributed by atoms with Gasteiger partial charge in [0.1, 0.15) is 0 Å². The van der Waals surface area contributed by atoms with Gasteiger partial charge >= 0.3 is 0 Å². The van der Waals surface area contributed by atoms with E-state index in [0.29, 0.717) is 12.1 Å². The predicted molar refractivity (Wildman–Crippen MR) is 75.1 cm³/mol. The van der Waals surface area contributed by atoms with Crippen LogP contribution in [0.4, 0.5) is 0 Å². The van der Waals surface area contributed by atoms with E-state index < -0.39 is 6.10 Å². The first kappa shape index (κ1) is 13.4. The summed E-state index contributed by atoms with van der Waals surface area (Å²) >= 11 is 7.54. The minimum Gasteiger partial charge on any atom is -0.387 e. The van der Waals surface area contributed by atoms with Crippen LogP contribution < -0.4 is 0 Å². The molecule has 2 aromatic rings. The third-order valence-electron chi connectivity index (χ3n) is 2.52. The molecular formula is C14H14ClNOS. The maximum absolute atomic E-state index is 9.66. The molecule has 0 saturated heterocycles. The lowest BCUT2D eigenvalue weighted by Gasteiger charge is -2.07. The molecule has 0 spiro atoms. The summed E-state index contributed by atoms with van der Waals surface area (Å²) in [5.74, 6) is 0. The number of nitrogens with zero attached hydrogens (tertiary/aromatic N) is 1. The first-order chi connectivity index (χ1) is 8.69. The van der Waals surface area contributed by atoms with Crippen molar-refractivity contribution in [2.45, 2.75) is 29.2 Å². The van der Waals surface area contributed by atoms with Crippen molar-refractivity contribution in [2.75, 3.05) is 0 Å². The van der Waals surface area contributed by atoms with E-state index in [9.17, 15) is 5.11 Å². The minimum absolute atomic E-state index is 0.477. The van der Waals surface area contributed by atoms with E-state index in [1.165, 1.54) is 0 Å². The average Bonchev–Trinajstić information content (AvgIpc) is 2.39. The summed E-state index contributed by atoms with van der Waals surface area (Å²) in [6, 6.07) is 11.5. The highest BCUT2D eigenvalue weighted by atomic mass is 35.5. The number of benzene rings is 1. The van der Waals surface area contributed by atoms with Gasteiger partial charge in [-0.1, -0.05) is 36.4 Å². The molecule has 0 radical (unpaired) electrons. The van der Waals surface area contributed by atoms with E-state index in [1.54, 1.807) is 18.0 Å². The first-order valence-electron chi connectivity index (χ1n) is 5.76. The Labute approximate surface area is 116 Å². The van der Waals surface area contributed by atoms with Gasteiger partial charge in [0.05, 0.1) is 11.8 Å². The van der Waals surface area contributed by atoms with Crippen molar-refractivity contribution in [2.24, 2.45) is 0 Å². The van der Waals surface area contributed by atoms with Crippen molar-refractivity contribution < 1.29 is 5.11 Å². The quantitative estimate of drug-likeness (QED) is 0.904. The number of hydrogen-bond donors (Lipinski definition) is 1. The average molecular weight is 280 g/mol. The number of aromatic nitrogens is 1. The summed E-state index contributed by atoms with van der Waals surface area (Å²) in [6.45, 7) is 1.93. The van der Waals surface area contributed by atoms with Gasteiger partial charge in [-0.2, -0.15) is 0 Å². The molecule has 0 aliphatic rings. The fraction of sp³-hybridized carbons (Fsp3) is 0.214. The van der Waals surface area contributed by atoms with E-state index >= 15 is 0 Å². The molecule has 1 aromatic carbocycles. The molecule has 1 N–H and O–H groups in total. The van der Waals surface area contributed by atoms with Gasteiger partial charge in [0.15, 0.2) is 0 Å².